The zero-order chi connectivity index (χ0) is 18.3. The highest BCUT2D eigenvalue weighted by Crippen LogP contribution is 2.41. The molecule has 0 unspecified atom stereocenters. The van der Waals surface area contributed by atoms with Crippen molar-refractivity contribution >= 4 is 0 Å². The average Bonchev–Trinajstić information content (AvgIpc) is 3.08. The minimum atomic E-state index is -0.708. The fourth-order valence-electron chi connectivity index (χ4n) is 3.61. The molecule has 0 saturated carbocycles. The number of aliphatic hydroxyl groups excluding tert-OH is 1. The van der Waals surface area contributed by atoms with Crippen molar-refractivity contribution < 1.29 is 29.2 Å². The van der Waals surface area contributed by atoms with Crippen molar-refractivity contribution in [2.24, 2.45) is 0 Å². The number of benzene rings is 2. The third-order valence-electron chi connectivity index (χ3n) is 4.83. The Kier molecular flexibility index (Phi) is 4.26. The van der Waals surface area contributed by atoms with E-state index < -0.39 is 6.10 Å². The molecule has 0 spiro atoms. The average molecular weight is 359 g/mol. The minimum Gasteiger partial charge on any atom is -0.507 e. The molecule has 4 rings (SSSR count). The lowest BCUT2D eigenvalue weighted by molar-refractivity contribution is 0.0838. The molecule has 26 heavy (non-hydrogen) atoms. The summed E-state index contributed by atoms with van der Waals surface area (Å²) in [6.45, 7) is 1.61. The van der Waals surface area contributed by atoms with Crippen LogP contribution in [0, 0.1) is 0 Å². The first-order chi connectivity index (χ1) is 12.6. The number of phenols is 1. The summed E-state index contributed by atoms with van der Waals surface area (Å²) in [6, 6.07) is 6.99. The Labute approximate surface area is 151 Å². The Morgan fingerprint density at radius 3 is 2.54 bits per heavy atom. The second-order valence-corrected chi connectivity index (χ2v) is 6.38. The molecule has 2 heterocycles. The van der Waals surface area contributed by atoms with Gasteiger partial charge in [-0.15, -0.1) is 0 Å². The Balaban J connectivity index is 1.64. The van der Waals surface area contributed by atoms with Gasteiger partial charge in [-0.25, -0.2) is 0 Å². The molecule has 2 aromatic rings. The van der Waals surface area contributed by atoms with Crippen LogP contribution in [0.15, 0.2) is 24.3 Å². The lowest BCUT2D eigenvalue weighted by atomic mass is 9.94. The first kappa shape index (κ1) is 16.8. The highest BCUT2D eigenvalue weighted by atomic mass is 16.7. The number of phenolic OH excluding ortho intramolecular Hbond substituents is 1. The normalized spacial score (nSPS) is 18.5. The number of ether oxygens (including phenoxy) is 4. The van der Waals surface area contributed by atoms with E-state index in [2.05, 4.69) is 0 Å². The molecule has 0 aliphatic carbocycles. The highest BCUT2D eigenvalue weighted by molar-refractivity contribution is 5.53. The van der Waals surface area contributed by atoms with Crippen LogP contribution in [0.1, 0.15) is 22.8 Å². The second-order valence-electron chi connectivity index (χ2n) is 6.38. The van der Waals surface area contributed by atoms with Crippen LogP contribution in [-0.4, -0.2) is 42.7 Å². The lowest BCUT2D eigenvalue weighted by Crippen LogP contribution is -2.33. The number of nitrogens with zero attached hydrogens (tertiary/aromatic N) is 1. The molecular formula is C19H21NO6. The van der Waals surface area contributed by atoms with Crippen LogP contribution in [0.2, 0.25) is 0 Å². The van der Waals surface area contributed by atoms with Gasteiger partial charge in [-0.1, -0.05) is 0 Å². The van der Waals surface area contributed by atoms with Gasteiger partial charge in [-0.3, -0.25) is 4.90 Å². The van der Waals surface area contributed by atoms with Gasteiger partial charge in [0.15, 0.2) is 11.5 Å². The number of aliphatic hydroxyl groups is 1. The predicted molar refractivity (Wildman–Crippen MR) is 92.8 cm³/mol. The number of methoxy groups -OCH3 is 2. The number of β-amino-alcohol motifs (C(OH)–C–C–N with tert-alkyl or cyclic N) is 1. The third-order valence-corrected chi connectivity index (χ3v) is 4.83. The van der Waals surface area contributed by atoms with Crippen LogP contribution in [0.25, 0.3) is 0 Å². The molecule has 0 bridgehead atoms. The van der Waals surface area contributed by atoms with Crippen molar-refractivity contribution in [3.8, 4) is 28.7 Å². The molecule has 7 nitrogen and oxygen atoms in total. The maximum Gasteiger partial charge on any atom is 0.231 e. The molecule has 1 atom stereocenters. The van der Waals surface area contributed by atoms with E-state index in [0.717, 1.165) is 11.1 Å². The summed E-state index contributed by atoms with van der Waals surface area (Å²) in [7, 11) is 3.20. The molecule has 0 amide bonds. The van der Waals surface area contributed by atoms with Crippen molar-refractivity contribution in [2.75, 3.05) is 27.6 Å². The highest BCUT2D eigenvalue weighted by Gasteiger charge is 2.30. The number of hydrogen-bond donors (Lipinski definition) is 2. The molecule has 138 valence electrons. The van der Waals surface area contributed by atoms with Crippen LogP contribution in [-0.2, 0) is 13.1 Å². The van der Waals surface area contributed by atoms with E-state index in [-0.39, 0.29) is 12.5 Å². The SMILES string of the molecule is COc1ccc(OC)c2c1CN(Cc1cc3c(cc1O)OCO3)C[C@@H]2O. The summed E-state index contributed by atoms with van der Waals surface area (Å²) in [4.78, 5) is 2.05. The summed E-state index contributed by atoms with van der Waals surface area (Å²) in [5, 5.41) is 21.0. The zero-order valence-corrected chi connectivity index (χ0v) is 14.7. The largest absolute Gasteiger partial charge is 0.507 e. The van der Waals surface area contributed by atoms with Gasteiger partial charge in [0, 0.05) is 42.4 Å². The van der Waals surface area contributed by atoms with E-state index in [1.54, 1.807) is 32.4 Å². The maximum atomic E-state index is 10.7. The number of aromatic hydroxyl groups is 1. The molecule has 2 aromatic carbocycles. The molecule has 0 saturated heterocycles. The molecule has 0 radical (unpaired) electrons. The van der Waals surface area contributed by atoms with Crippen molar-refractivity contribution in [1.82, 2.24) is 4.90 Å². The van der Waals surface area contributed by atoms with Gasteiger partial charge in [-0.05, 0) is 18.2 Å². The zero-order valence-electron chi connectivity index (χ0n) is 14.7. The van der Waals surface area contributed by atoms with Crippen LogP contribution in [0.4, 0.5) is 0 Å². The monoisotopic (exact) mass is 359 g/mol. The van der Waals surface area contributed by atoms with Gasteiger partial charge in [-0.2, -0.15) is 0 Å². The van der Waals surface area contributed by atoms with Gasteiger partial charge < -0.3 is 29.2 Å². The van der Waals surface area contributed by atoms with Gasteiger partial charge in [0.25, 0.3) is 0 Å². The van der Waals surface area contributed by atoms with E-state index in [0.29, 0.717) is 48.2 Å². The van der Waals surface area contributed by atoms with Crippen molar-refractivity contribution in [3.63, 3.8) is 0 Å². The molecule has 2 aliphatic heterocycles. The quantitative estimate of drug-likeness (QED) is 0.866. The smallest absolute Gasteiger partial charge is 0.231 e. The number of hydrogen-bond acceptors (Lipinski definition) is 7. The summed E-state index contributed by atoms with van der Waals surface area (Å²) < 4.78 is 21.5. The Bertz CT molecular complexity index is 837. The van der Waals surface area contributed by atoms with E-state index in [9.17, 15) is 10.2 Å². The lowest BCUT2D eigenvalue weighted by Gasteiger charge is -2.34. The van der Waals surface area contributed by atoms with E-state index in [4.69, 9.17) is 18.9 Å². The first-order valence-electron chi connectivity index (χ1n) is 8.36. The van der Waals surface area contributed by atoms with Gasteiger partial charge in [0.2, 0.25) is 6.79 Å². The van der Waals surface area contributed by atoms with Gasteiger partial charge in [0.1, 0.15) is 17.2 Å². The minimum absolute atomic E-state index is 0.146. The van der Waals surface area contributed by atoms with Crippen LogP contribution < -0.4 is 18.9 Å². The topological polar surface area (TPSA) is 80.6 Å². The number of rotatable bonds is 4. The Morgan fingerprint density at radius 2 is 1.81 bits per heavy atom. The van der Waals surface area contributed by atoms with Crippen molar-refractivity contribution in [1.29, 1.82) is 0 Å². The summed E-state index contributed by atoms with van der Waals surface area (Å²) >= 11 is 0. The number of fused-ring (bicyclic) bond motifs is 2. The second kappa shape index (κ2) is 6.59. The summed E-state index contributed by atoms with van der Waals surface area (Å²) in [5.74, 6) is 2.67. The maximum absolute atomic E-state index is 10.7. The van der Waals surface area contributed by atoms with Crippen LogP contribution in [0.3, 0.4) is 0 Å². The summed E-state index contributed by atoms with van der Waals surface area (Å²) in [6.07, 6.45) is -0.708. The predicted octanol–water partition coefficient (Wildman–Crippen LogP) is 2.19. The van der Waals surface area contributed by atoms with Crippen LogP contribution >= 0.6 is 0 Å². The molecule has 0 fully saturated rings. The van der Waals surface area contributed by atoms with Gasteiger partial charge in [0.05, 0.1) is 20.3 Å². The third kappa shape index (κ3) is 2.79. The molecule has 2 N–H and O–H groups in total. The molecule has 2 aliphatic rings. The van der Waals surface area contributed by atoms with Crippen molar-refractivity contribution in [3.05, 3.63) is 41.0 Å². The summed E-state index contributed by atoms with van der Waals surface area (Å²) in [5.41, 5.74) is 2.37. The molecular weight excluding hydrogens is 338 g/mol. The first-order valence-corrected chi connectivity index (χ1v) is 8.36. The fourth-order valence-corrected chi connectivity index (χ4v) is 3.61. The standard InChI is InChI=1S/C19H21NO6/c1-23-15-3-4-16(24-2)19-12(15)8-20(9-14(19)22)7-11-5-17-18(6-13(11)21)26-10-25-17/h3-6,14,21-22H,7-10H2,1-2H3/t14-/m0/s1. The van der Waals surface area contributed by atoms with E-state index >= 15 is 0 Å². The Morgan fingerprint density at radius 1 is 1.12 bits per heavy atom. The molecule has 0 aromatic heterocycles. The van der Waals surface area contributed by atoms with Gasteiger partial charge >= 0.3 is 0 Å². The Hall–Kier alpha value is -2.64. The fraction of sp³-hybridized carbons (Fsp3) is 0.368. The van der Waals surface area contributed by atoms with Crippen molar-refractivity contribution in [2.45, 2.75) is 19.2 Å². The van der Waals surface area contributed by atoms with Crippen LogP contribution in [0.5, 0.6) is 28.7 Å². The molecule has 7 heteroatoms. The van der Waals surface area contributed by atoms with E-state index in [1.165, 1.54) is 0 Å². The van der Waals surface area contributed by atoms with E-state index in [1.807, 2.05) is 11.0 Å².